The lowest BCUT2D eigenvalue weighted by Crippen LogP contribution is -2.46. The molecule has 4 rings (SSSR count). The molecule has 9 heteroatoms. The molecule has 0 radical (unpaired) electrons. The summed E-state index contributed by atoms with van der Waals surface area (Å²) in [6.07, 6.45) is 0.0279. The zero-order valence-corrected chi connectivity index (χ0v) is 24.2. The minimum absolute atomic E-state index is 0.0113. The first-order chi connectivity index (χ1) is 20.4. The van der Waals surface area contributed by atoms with Crippen molar-refractivity contribution >= 4 is 45.6 Å². The molecule has 0 aliphatic rings. The summed E-state index contributed by atoms with van der Waals surface area (Å²) < 4.78 is 5.80. The normalized spacial score (nSPS) is 12.1. The zero-order valence-electron chi connectivity index (χ0n) is 22.6. The number of amides is 1. The van der Waals surface area contributed by atoms with Gasteiger partial charge >= 0.3 is 5.97 Å². The Hall–Kier alpha value is -4.34. The number of carboxylic acid groups (broad SMARTS) is 1. The Balaban J connectivity index is 1.41. The van der Waals surface area contributed by atoms with Crippen LogP contribution in [0.25, 0.3) is 0 Å². The number of carbonyl (C=O) groups excluding carboxylic acids is 3. The van der Waals surface area contributed by atoms with E-state index in [1.165, 1.54) is 0 Å². The highest BCUT2D eigenvalue weighted by Crippen LogP contribution is 2.24. The van der Waals surface area contributed by atoms with Gasteiger partial charge in [-0.3, -0.25) is 14.4 Å². The first-order valence-corrected chi connectivity index (χ1v) is 15.0. The maximum atomic E-state index is 13.3. The minimum Gasteiger partial charge on any atom is -0.489 e. The van der Waals surface area contributed by atoms with Crippen LogP contribution in [0.2, 0.25) is 0 Å². The predicted octanol–water partition coefficient (Wildman–Crippen LogP) is 5.89. The van der Waals surface area contributed by atoms with Crippen molar-refractivity contribution < 1.29 is 29.0 Å². The second-order valence-electron chi connectivity index (χ2n) is 9.25. The standard InChI is InChI=1S/C33H29NO6S2/c35-30(29(42-33(39)26-14-8-3-9-15-26)22-41-32(38)25-12-6-2-7-13-25)34-28(31(36)37)20-23-16-18-27(19-17-23)40-21-24-10-4-1-5-11-24/h1-19,28-29H,20-22H2,(H,34,35)(H,36,37). The molecule has 7 nitrogen and oxygen atoms in total. The molecule has 1 amide bonds. The number of hydrogen-bond acceptors (Lipinski definition) is 7. The van der Waals surface area contributed by atoms with Gasteiger partial charge in [-0.05, 0) is 23.3 Å². The van der Waals surface area contributed by atoms with Crippen LogP contribution < -0.4 is 10.1 Å². The SMILES string of the molecule is O=C(SCC(SC(=O)c1ccccc1)C(=O)NC(Cc1ccc(OCc2ccccc2)cc1)C(=O)O)c1ccccc1. The van der Waals surface area contributed by atoms with Gasteiger partial charge in [0.15, 0.2) is 0 Å². The van der Waals surface area contributed by atoms with E-state index in [4.69, 9.17) is 4.74 Å². The van der Waals surface area contributed by atoms with E-state index in [-0.39, 0.29) is 22.4 Å². The monoisotopic (exact) mass is 599 g/mol. The molecule has 2 N–H and O–H groups in total. The lowest BCUT2D eigenvalue weighted by atomic mass is 10.1. The fraction of sp³-hybridized carbons (Fsp3) is 0.152. The minimum atomic E-state index is -1.24. The van der Waals surface area contributed by atoms with Crippen molar-refractivity contribution in [3.05, 3.63) is 138 Å². The van der Waals surface area contributed by atoms with Gasteiger partial charge in [0.1, 0.15) is 23.6 Å². The summed E-state index contributed by atoms with van der Waals surface area (Å²) in [6.45, 7) is 0.402. The third-order valence-corrected chi connectivity index (χ3v) is 8.48. The van der Waals surface area contributed by atoms with E-state index < -0.39 is 23.2 Å². The van der Waals surface area contributed by atoms with Crippen LogP contribution in [0, 0.1) is 0 Å². The van der Waals surface area contributed by atoms with Crippen LogP contribution in [0.4, 0.5) is 0 Å². The Kier molecular flexibility index (Phi) is 11.4. The van der Waals surface area contributed by atoms with Gasteiger partial charge in [-0.1, -0.05) is 127 Å². The van der Waals surface area contributed by atoms with Gasteiger partial charge in [-0.15, -0.1) is 0 Å². The second-order valence-corrected chi connectivity index (χ2v) is 11.4. The summed E-state index contributed by atoms with van der Waals surface area (Å²) in [5, 5.41) is 10.9. The first-order valence-electron chi connectivity index (χ1n) is 13.2. The highest BCUT2D eigenvalue weighted by Gasteiger charge is 2.29. The Morgan fingerprint density at radius 3 is 1.81 bits per heavy atom. The summed E-state index contributed by atoms with van der Waals surface area (Å²) >= 11 is 1.69. The van der Waals surface area contributed by atoms with Crippen molar-refractivity contribution in [2.75, 3.05) is 5.75 Å². The topological polar surface area (TPSA) is 110 Å². The number of ether oxygens (including phenoxy) is 1. The van der Waals surface area contributed by atoms with E-state index in [0.717, 1.165) is 29.1 Å². The summed E-state index contributed by atoms with van der Waals surface area (Å²) in [4.78, 5) is 51.1. The Labute approximate surface area is 252 Å². The molecule has 0 aromatic heterocycles. The molecule has 0 saturated heterocycles. The maximum Gasteiger partial charge on any atom is 0.326 e. The maximum absolute atomic E-state index is 13.3. The molecule has 0 aliphatic carbocycles. The van der Waals surface area contributed by atoms with E-state index in [1.807, 2.05) is 30.3 Å². The Bertz CT molecular complexity index is 1480. The average molecular weight is 600 g/mol. The van der Waals surface area contributed by atoms with Crippen LogP contribution in [0.5, 0.6) is 5.75 Å². The van der Waals surface area contributed by atoms with Crippen molar-refractivity contribution in [2.24, 2.45) is 0 Å². The van der Waals surface area contributed by atoms with Crippen LogP contribution in [0.15, 0.2) is 115 Å². The molecule has 0 spiro atoms. The van der Waals surface area contributed by atoms with Crippen molar-refractivity contribution in [1.29, 1.82) is 0 Å². The largest absolute Gasteiger partial charge is 0.489 e. The predicted molar refractivity (Wildman–Crippen MR) is 166 cm³/mol. The number of nitrogens with one attached hydrogen (secondary N) is 1. The van der Waals surface area contributed by atoms with E-state index in [9.17, 15) is 24.3 Å². The molecule has 4 aromatic rings. The number of thioether (sulfide) groups is 2. The van der Waals surface area contributed by atoms with Crippen molar-refractivity contribution in [3.63, 3.8) is 0 Å². The van der Waals surface area contributed by atoms with E-state index >= 15 is 0 Å². The van der Waals surface area contributed by atoms with E-state index in [0.29, 0.717) is 29.0 Å². The van der Waals surface area contributed by atoms with Crippen LogP contribution in [0.1, 0.15) is 31.8 Å². The molecule has 2 unspecified atom stereocenters. The third-order valence-electron chi connectivity index (χ3n) is 6.15. The van der Waals surface area contributed by atoms with Crippen molar-refractivity contribution in [3.8, 4) is 5.75 Å². The molecule has 4 aromatic carbocycles. The fourth-order valence-corrected chi connectivity index (χ4v) is 5.85. The number of rotatable bonds is 13. The van der Waals surface area contributed by atoms with Gasteiger partial charge in [-0.2, -0.15) is 0 Å². The number of carbonyl (C=O) groups is 4. The van der Waals surface area contributed by atoms with Gasteiger partial charge in [0, 0.05) is 23.3 Å². The number of hydrogen-bond donors (Lipinski definition) is 2. The van der Waals surface area contributed by atoms with Crippen LogP contribution >= 0.6 is 23.5 Å². The molecule has 0 saturated carbocycles. The number of carboxylic acids is 1. The summed E-state index contributed by atoms with van der Waals surface area (Å²) in [5.41, 5.74) is 2.59. The smallest absolute Gasteiger partial charge is 0.326 e. The first kappa shape index (κ1) is 30.6. The zero-order chi connectivity index (χ0) is 29.7. The summed E-state index contributed by atoms with van der Waals surface area (Å²) in [6, 6.07) is 32.6. The van der Waals surface area contributed by atoms with E-state index in [2.05, 4.69) is 5.32 Å². The van der Waals surface area contributed by atoms with Crippen LogP contribution in [-0.2, 0) is 22.6 Å². The number of benzene rings is 4. The lowest BCUT2D eigenvalue weighted by Gasteiger charge is -2.20. The third kappa shape index (κ3) is 9.36. The lowest BCUT2D eigenvalue weighted by molar-refractivity contribution is -0.141. The Morgan fingerprint density at radius 2 is 1.24 bits per heavy atom. The number of aliphatic carboxylic acids is 1. The quantitative estimate of drug-likeness (QED) is 0.196. The van der Waals surface area contributed by atoms with Crippen LogP contribution in [0.3, 0.4) is 0 Å². The molecule has 0 bridgehead atoms. The van der Waals surface area contributed by atoms with Gasteiger partial charge in [-0.25, -0.2) is 4.79 Å². The highest BCUT2D eigenvalue weighted by molar-refractivity contribution is 8.18. The van der Waals surface area contributed by atoms with Crippen molar-refractivity contribution in [1.82, 2.24) is 5.32 Å². The molecular formula is C33H29NO6S2. The summed E-state index contributed by atoms with van der Waals surface area (Å²) in [7, 11) is 0. The molecule has 42 heavy (non-hydrogen) atoms. The molecular weight excluding hydrogens is 570 g/mol. The molecule has 0 aliphatic heterocycles. The molecule has 0 fully saturated rings. The van der Waals surface area contributed by atoms with E-state index in [1.54, 1.807) is 84.9 Å². The highest BCUT2D eigenvalue weighted by atomic mass is 32.2. The molecule has 214 valence electrons. The fourth-order valence-electron chi connectivity index (χ4n) is 3.91. The average Bonchev–Trinajstić information content (AvgIpc) is 3.03. The van der Waals surface area contributed by atoms with Crippen LogP contribution in [-0.4, -0.2) is 44.3 Å². The van der Waals surface area contributed by atoms with Crippen molar-refractivity contribution in [2.45, 2.75) is 24.3 Å². The molecule has 0 heterocycles. The van der Waals surface area contributed by atoms with Gasteiger partial charge < -0.3 is 15.2 Å². The Morgan fingerprint density at radius 1 is 0.690 bits per heavy atom. The second kappa shape index (κ2) is 15.6. The van der Waals surface area contributed by atoms with Gasteiger partial charge in [0.2, 0.25) is 16.1 Å². The summed E-state index contributed by atoms with van der Waals surface area (Å²) in [5.74, 6) is -1.22. The van der Waals surface area contributed by atoms with Gasteiger partial charge in [0.05, 0.1) is 0 Å². The molecule has 2 atom stereocenters. The van der Waals surface area contributed by atoms with Gasteiger partial charge in [0.25, 0.3) is 0 Å².